The van der Waals surface area contributed by atoms with Crippen molar-refractivity contribution in [3.63, 3.8) is 0 Å². The fourth-order valence-corrected chi connectivity index (χ4v) is 9.34. The van der Waals surface area contributed by atoms with Crippen LogP contribution in [0.1, 0.15) is 47.1 Å². The van der Waals surface area contributed by atoms with Crippen LogP contribution in [0.3, 0.4) is 0 Å². The van der Waals surface area contributed by atoms with Crippen LogP contribution in [0.2, 0.25) is 16.6 Å². The van der Waals surface area contributed by atoms with Gasteiger partial charge in [0.15, 0.2) is 0 Å². The molecule has 0 radical (unpaired) electrons. The van der Waals surface area contributed by atoms with Gasteiger partial charge in [0.05, 0.1) is 13.2 Å². The first-order chi connectivity index (χ1) is 11.9. The Hall–Kier alpha value is -1.56. The van der Waals surface area contributed by atoms with Crippen molar-refractivity contribution in [1.29, 1.82) is 0 Å². The second-order valence-electron chi connectivity index (χ2n) is 7.91. The Balaban J connectivity index is 2.31. The quantitative estimate of drug-likeness (QED) is 0.460. The second-order valence-corrected chi connectivity index (χ2v) is 13.5. The molecule has 134 valence electrons. The van der Waals surface area contributed by atoms with E-state index in [-0.39, 0.29) is 0 Å². The number of benzene rings is 1. The Morgan fingerprint density at radius 2 is 1.44 bits per heavy atom. The molecule has 0 amide bonds. The zero-order valence-corrected chi connectivity index (χ0v) is 17.6. The van der Waals surface area contributed by atoms with Gasteiger partial charge in [0.25, 0.3) is 0 Å². The fourth-order valence-electron chi connectivity index (χ4n) is 4.16. The molecule has 0 saturated carbocycles. The lowest BCUT2D eigenvalue weighted by Gasteiger charge is -2.38. The van der Waals surface area contributed by atoms with E-state index in [0.717, 1.165) is 0 Å². The highest BCUT2D eigenvalue weighted by Gasteiger charge is 2.41. The van der Waals surface area contributed by atoms with Crippen LogP contribution in [0, 0.1) is 11.5 Å². The van der Waals surface area contributed by atoms with Crippen molar-refractivity contribution in [2.45, 2.75) is 58.2 Å². The highest BCUT2D eigenvalue weighted by atomic mass is 28.3. The molecule has 1 nitrogen and oxygen atoms in total. The van der Waals surface area contributed by atoms with E-state index in [1.807, 2.05) is 6.07 Å². The van der Waals surface area contributed by atoms with Gasteiger partial charge in [0, 0.05) is 0 Å². The summed E-state index contributed by atoms with van der Waals surface area (Å²) in [5.41, 5.74) is 9.47. The number of ether oxygens (including phenoxy) is 1. The first-order valence-electron chi connectivity index (χ1n) is 9.43. The van der Waals surface area contributed by atoms with E-state index < -0.39 is 8.07 Å². The Morgan fingerprint density at radius 1 is 0.880 bits per heavy atom. The maximum atomic E-state index is 5.67. The average molecular weight is 353 g/mol. The molecule has 0 N–H and O–H groups in total. The minimum atomic E-state index is -1.66. The topological polar surface area (TPSA) is 9.23 Å². The summed E-state index contributed by atoms with van der Waals surface area (Å²) in [6.45, 7) is 15.5. The summed E-state index contributed by atoms with van der Waals surface area (Å²) in [5.74, 6) is 3.46. The number of rotatable bonds is 4. The largest absolute Gasteiger partial charge is 0.372 e. The van der Waals surface area contributed by atoms with E-state index in [4.69, 9.17) is 4.74 Å². The lowest BCUT2D eigenvalue weighted by molar-refractivity contribution is 0.215. The molecule has 1 heterocycles. The van der Waals surface area contributed by atoms with Crippen LogP contribution in [0.25, 0.3) is 6.08 Å². The summed E-state index contributed by atoms with van der Waals surface area (Å²) in [6, 6.07) is 10.4. The molecule has 1 aliphatic heterocycles. The molecule has 0 aliphatic carbocycles. The maximum absolute atomic E-state index is 5.67. The molecule has 0 spiro atoms. The van der Waals surface area contributed by atoms with Gasteiger partial charge >= 0.3 is 0 Å². The zero-order chi connectivity index (χ0) is 18.4. The molecule has 2 heteroatoms. The molecule has 0 unspecified atom stereocenters. The molecular weight excluding hydrogens is 320 g/mol. The van der Waals surface area contributed by atoms with Crippen molar-refractivity contribution in [2.24, 2.45) is 0 Å². The Bertz CT molecular complexity index is 662. The minimum Gasteiger partial charge on any atom is -0.372 e. The van der Waals surface area contributed by atoms with E-state index >= 15 is 0 Å². The Morgan fingerprint density at radius 3 is 2.00 bits per heavy atom. The third-order valence-corrected chi connectivity index (χ3v) is 11.8. The SMILES string of the molecule is CC(C)[Si](C#C/C=C1\COC\C1=C\c1ccccc1)(C(C)C)C(C)C. The van der Waals surface area contributed by atoms with Gasteiger partial charge in [-0.25, -0.2) is 0 Å². The van der Waals surface area contributed by atoms with E-state index in [0.29, 0.717) is 29.8 Å². The van der Waals surface area contributed by atoms with Gasteiger partial charge in [-0.15, -0.1) is 5.54 Å². The molecule has 1 aliphatic rings. The smallest absolute Gasteiger partial charge is 0.146 e. The van der Waals surface area contributed by atoms with Crippen LogP contribution < -0.4 is 0 Å². The molecule has 0 atom stereocenters. The summed E-state index contributed by atoms with van der Waals surface area (Å²) < 4.78 is 5.67. The maximum Gasteiger partial charge on any atom is 0.146 e. The molecule has 1 fully saturated rings. The molecule has 1 saturated heterocycles. The third kappa shape index (κ3) is 4.54. The fraction of sp³-hybridized carbons (Fsp3) is 0.478. The summed E-state index contributed by atoms with van der Waals surface area (Å²) >= 11 is 0. The number of allylic oxidation sites excluding steroid dienone is 1. The van der Waals surface area contributed by atoms with Gasteiger partial charge in [-0.3, -0.25) is 0 Å². The lowest BCUT2D eigenvalue weighted by Crippen LogP contribution is -2.43. The number of hydrogen-bond donors (Lipinski definition) is 0. The highest BCUT2D eigenvalue weighted by Crippen LogP contribution is 2.40. The van der Waals surface area contributed by atoms with Gasteiger partial charge < -0.3 is 4.74 Å². The van der Waals surface area contributed by atoms with Crippen LogP contribution >= 0.6 is 0 Å². The predicted molar refractivity (Wildman–Crippen MR) is 112 cm³/mol. The van der Waals surface area contributed by atoms with Gasteiger partial charge in [0.2, 0.25) is 0 Å². The highest BCUT2D eigenvalue weighted by molar-refractivity contribution is 6.90. The van der Waals surface area contributed by atoms with Crippen LogP contribution in [-0.2, 0) is 4.74 Å². The van der Waals surface area contributed by atoms with Crippen LogP contribution in [0.15, 0.2) is 47.6 Å². The molecular formula is C23H32OSi. The standard InChI is InChI=1S/C23H32OSi/c1-18(2)25(19(3)4,20(5)6)14-10-13-22-16-24-17-23(22)15-21-11-8-7-9-12-21/h7-9,11-13,15,18-20H,16-17H2,1-6H3/b22-13+,23-15-. The summed E-state index contributed by atoms with van der Waals surface area (Å²) in [5, 5.41) is 0. The summed E-state index contributed by atoms with van der Waals surface area (Å²) in [4.78, 5) is 0. The monoisotopic (exact) mass is 352 g/mol. The van der Waals surface area contributed by atoms with Gasteiger partial charge in [-0.2, -0.15) is 0 Å². The molecule has 1 aromatic carbocycles. The van der Waals surface area contributed by atoms with Crippen molar-refractivity contribution in [3.05, 3.63) is 53.1 Å². The number of hydrogen-bond acceptors (Lipinski definition) is 1. The van der Waals surface area contributed by atoms with E-state index in [2.05, 4.69) is 89.4 Å². The van der Waals surface area contributed by atoms with E-state index in [9.17, 15) is 0 Å². The Kier molecular flexibility index (Phi) is 6.87. The molecule has 25 heavy (non-hydrogen) atoms. The molecule has 0 bridgehead atoms. The third-order valence-electron chi connectivity index (χ3n) is 5.47. The van der Waals surface area contributed by atoms with Crippen molar-refractivity contribution in [3.8, 4) is 11.5 Å². The first-order valence-corrected chi connectivity index (χ1v) is 11.7. The average Bonchev–Trinajstić information content (AvgIpc) is 2.98. The molecule has 2 rings (SSSR count). The van der Waals surface area contributed by atoms with Crippen LogP contribution in [-0.4, -0.2) is 21.3 Å². The van der Waals surface area contributed by atoms with Crippen molar-refractivity contribution < 1.29 is 4.74 Å². The summed E-state index contributed by atoms with van der Waals surface area (Å²) in [7, 11) is -1.66. The lowest BCUT2D eigenvalue weighted by atomic mass is 10.1. The van der Waals surface area contributed by atoms with Gasteiger partial charge in [0.1, 0.15) is 8.07 Å². The van der Waals surface area contributed by atoms with Crippen molar-refractivity contribution in [2.75, 3.05) is 13.2 Å². The van der Waals surface area contributed by atoms with E-state index in [1.54, 1.807) is 0 Å². The second kappa shape index (κ2) is 8.69. The van der Waals surface area contributed by atoms with Crippen LogP contribution in [0.5, 0.6) is 0 Å². The van der Waals surface area contributed by atoms with Gasteiger partial charge in [-0.05, 0) is 45.5 Å². The molecule has 1 aromatic rings. The predicted octanol–water partition coefficient (Wildman–Crippen LogP) is 6.25. The van der Waals surface area contributed by atoms with Gasteiger partial charge in [-0.1, -0.05) is 77.8 Å². The Labute approximate surface area is 155 Å². The first kappa shape index (κ1) is 19.8. The van der Waals surface area contributed by atoms with Crippen molar-refractivity contribution in [1.82, 2.24) is 0 Å². The summed E-state index contributed by atoms with van der Waals surface area (Å²) in [6.07, 6.45) is 4.33. The van der Waals surface area contributed by atoms with Crippen molar-refractivity contribution >= 4 is 14.1 Å². The van der Waals surface area contributed by atoms with Crippen LogP contribution in [0.4, 0.5) is 0 Å². The normalized spacial score (nSPS) is 18.4. The molecule has 0 aromatic heterocycles. The van der Waals surface area contributed by atoms with E-state index in [1.165, 1.54) is 16.7 Å². The zero-order valence-electron chi connectivity index (χ0n) is 16.6. The minimum absolute atomic E-state index is 0.664.